The Morgan fingerprint density at radius 2 is 2.11 bits per heavy atom. The molecule has 1 unspecified atom stereocenters. The molecule has 0 radical (unpaired) electrons. The molecule has 0 spiro atoms. The zero-order chi connectivity index (χ0) is 20.0. The number of nitriles is 1. The number of aryl methyl sites for hydroxylation is 1. The van der Waals surface area contributed by atoms with Crippen LogP contribution in [0.25, 0.3) is 0 Å². The van der Waals surface area contributed by atoms with Gasteiger partial charge in [0, 0.05) is 33.1 Å². The van der Waals surface area contributed by atoms with Gasteiger partial charge in [0.25, 0.3) is 0 Å². The number of benzene rings is 1. The van der Waals surface area contributed by atoms with Crippen molar-refractivity contribution in [3.05, 3.63) is 73.6 Å². The normalized spacial score (nSPS) is 19.7. The minimum absolute atomic E-state index is 0.0239. The summed E-state index contributed by atoms with van der Waals surface area (Å²) in [6.45, 7) is 1.99. The molecule has 2 heterocycles. The van der Waals surface area contributed by atoms with E-state index in [1.54, 1.807) is 22.3 Å². The Kier molecular flexibility index (Phi) is 4.74. The van der Waals surface area contributed by atoms with E-state index in [4.69, 9.17) is 17.3 Å². The van der Waals surface area contributed by atoms with E-state index in [9.17, 15) is 14.4 Å². The third kappa shape index (κ3) is 2.92. The van der Waals surface area contributed by atoms with Gasteiger partial charge in [0.15, 0.2) is 5.78 Å². The fourth-order valence-electron chi connectivity index (χ4n) is 3.90. The van der Waals surface area contributed by atoms with Gasteiger partial charge in [-0.1, -0.05) is 11.6 Å². The Morgan fingerprint density at radius 3 is 2.75 bits per heavy atom. The Morgan fingerprint density at radius 1 is 1.32 bits per heavy atom. The van der Waals surface area contributed by atoms with E-state index in [0.29, 0.717) is 36.1 Å². The monoisotopic (exact) mass is 413 g/mol. The molecule has 4 nitrogen and oxygen atoms in total. The summed E-state index contributed by atoms with van der Waals surface area (Å²) >= 11 is 7.54. The van der Waals surface area contributed by atoms with E-state index in [1.165, 1.54) is 12.1 Å². The first-order chi connectivity index (χ1) is 13.4. The lowest BCUT2D eigenvalue weighted by molar-refractivity contribution is -0.116. The van der Waals surface area contributed by atoms with Crippen molar-refractivity contribution in [2.24, 2.45) is 5.73 Å². The molecule has 2 N–H and O–H groups in total. The fraction of sp³-hybridized carbons (Fsp3) is 0.238. The highest BCUT2D eigenvalue weighted by atomic mass is 35.5. The summed E-state index contributed by atoms with van der Waals surface area (Å²) in [4.78, 5) is 16.7. The molecular formula is C21H17ClFN3OS. The smallest absolute Gasteiger partial charge is 0.161 e. The summed E-state index contributed by atoms with van der Waals surface area (Å²) < 4.78 is 13.7. The first-order valence-electron chi connectivity index (χ1n) is 8.90. The molecule has 0 saturated heterocycles. The number of hydrogen-bond donors (Lipinski definition) is 1. The van der Waals surface area contributed by atoms with E-state index >= 15 is 0 Å². The van der Waals surface area contributed by atoms with Crippen molar-refractivity contribution >= 4 is 34.4 Å². The second-order valence-electron chi connectivity index (χ2n) is 6.86. The van der Waals surface area contributed by atoms with Crippen LogP contribution in [0.5, 0.6) is 0 Å². The van der Waals surface area contributed by atoms with Gasteiger partial charge in [0.2, 0.25) is 0 Å². The van der Waals surface area contributed by atoms with Gasteiger partial charge < -0.3 is 5.73 Å². The highest BCUT2D eigenvalue weighted by Gasteiger charge is 2.40. The number of Topliss-reactive ketones (excluding diaryl/α,β-unsaturated/α-hetero) is 1. The van der Waals surface area contributed by atoms with Gasteiger partial charge in [-0.3, -0.25) is 9.69 Å². The molecule has 1 aliphatic carbocycles. The summed E-state index contributed by atoms with van der Waals surface area (Å²) in [6.07, 6.45) is 1.79. The standard InChI is InChI=1S/C21H17ClFN3OS/c1-11-5-8-18(28-11)19-13(10-24)21(25)26(12-6-7-15(23)14(22)9-12)16-3-2-4-17(27)20(16)19/h5-9,19H,2-4,25H2,1H3. The van der Waals surface area contributed by atoms with Crippen LogP contribution >= 0.6 is 22.9 Å². The maximum Gasteiger partial charge on any atom is 0.161 e. The quantitative estimate of drug-likeness (QED) is 0.738. The van der Waals surface area contributed by atoms with Gasteiger partial charge >= 0.3 is 0 Å². The Balaban J connectivity index is 1.97. The highest BCUT2D eigenvalue weighted by Crippen LogP contribution is 2.47. The third-order valence-electron chi connectivity index (χ3n) is 5.12. The molecule has 0 fully saturated rings. The summed E-state index contributed by atoms with van der Waals surface area (Å²) in [5, 5.41) is 9.87. The number of halogens is 2. The Bertz CT molecular complexity index is 1100. The van der Waals surface area contributed by atoms with Crippen LogP contribution in [0.3, 0.4) is 0 Å². The lowest BCUT2D eigenvalue weighted by Gasteiger charge is -2.39. The zero-order valence-corrected chi connectivity index (χ0v) is 16.7. The first-order valence-corrected chi connectivity index (χ1v) is 10.1. The average Bonchev–Trinajstić information content (AvgIpc) is 3.09. The van der Waals surface area contributed by atoms with Crippen molar-refractivity contribution in [2.45, 2.75) is 32.1 Å². The summed E-state index contributed by atoms with van der Waals surface area (Å²) in [7, 11) is 0. The molecule has 1 aromatic heterocycles. The molecule has 0 bridgehead atoms. The molecule has 28 heavy (non-hydrogen) atoms. The van der Waals surface area contributed by atoms with Crippen LogP contribution in [0.4, 0.5) is 10.1 Å². The third-order valence-corrected chi connectivity index (χ3v) is 6.48. The topological polar surface area (TPSA) is 70.1 Å². The van der Waals surface area contributed by atoms with Crippen LogP contribution in [0.15, 0.2) is 53.0 Å². The minimum atomic E-state index is -0.536. The van der Waals surface area contributed by atoms with E-state index in [1.807, 2.05) is 19.1 Å². The lowest BCUT2D eigenvalue weighted by atomic mass is 9.78. The number of anilines is 1. The fourth-order valence-corrected chi connectivity index (χ4v) is 5.07. The Hall–Kier alpha value is -2.62. The molecule has 0 amide bonds. The van der Waals surface area contributed by atoms with Crippen molar-refractivity contribution in [3.63, 3.8) is 0 Å². The van der Waals surface area contributed by atoms with Crippen molar-refractivity contribution in [2.75, 3.05) is 4.90 Å². The van der Waals surface area contributed by atoms with Gasteiger partial charge in [0.1, 0.15) is 11.6 Å². The maximum atomic E-state index is 13.7. The predicted molar refractivity (Wildman–Crippen MR) is 108 cm³/mol. The predicted octanol–water partition coefficient (Wildman–Crippen LogP) is 5.15. The second-order valence-corrected chi connectivity index (χ2v) is 8.59. The van der Waals surface area contributed by atoms with E-state index in [2.05, 4.69) is 6.07 Å². The number of nitrogens with zero attached hydrogens (tertiary/aromatic N) is 2. The number of carbonyl (C=O) groups is 1. The molecule has 1 aliphatic heterocycles. The van der Waals surface area contributed by atoms with Crippen LogP contribution < -0.4 is 10.6 Å². The first kappa shape index (κ1) is 18.7. The molecule has 2 aliphatic rings. The van der Waals surface area contributed by atoms with E-state index < -0.39 is 11.7 Å². The van der Waals surface area contributed by atoms with Crippen LogP contribution in [0.1, 0.15) is 34.9 Å². The van der Waals surface area contributed by atoms with E-state index in [-0.39, 0.29) is 16.6 Å². The van der Waals surface area contributed by atoms with Crippen LogP contribution in [-0.2, 0) is 4.79 Å². The van der Waals surface area contributed by atoms with Crippen LogP contribution in [0.2, 0.25) is 5.02 Å². The average molecular weight is 414 g/mol. The molecule has 142 valence electrons. The van der Waals surface area contributed by atoms with Crippen LogP contribution in [-0.4, -0.2) is 5.78 Å². The number of allylic oxidation sites excluding steroid dienone is 3. The van der Waals surface area contributed by atoms with Gasteiger partial charge in [0.05, 0.1) is 22.6 Å². The molecule has 1 aromatic carbocycles. The number of hydrogen-bond acceptors (Lipinski definition) is 5. The van der Waals surface area contributed by atoms with Gasteiger partial charge in [-0.25, -0.2) is 4.39 Å². The number of carbonyl (C=O) groups excluding carboxylic acids is 1. The summed E-state index contributed by atoms with van der Waals surface area (Å²) in [5.41, 5.74) is 8.70. The second kappa shape index (κ2) is 7.08. The largest absolute Gasteiger partial charge is 0.384 e. The van der Waals surface area contributed by atoms with Crippen LogP contribution in [0, 0.1) is 24.1 Å². The van der Waals surface area contributed by atoms with Gasteiger partial charge in [-0.05, 0) is 50.1 Å². The molecule has 1 atom stereocenters. The zero-order valence-electron chi connectivity index (χ0n) is 15.1. The van der Waals surface area contributed by atoms with E-state index in [0.717, 1.165) is 15.5 Å². The number of rotatable bonds is 2. The molecule has 7 heteroatoms. The van der Waals surface area contributed by atoms with Crippen molar-refractivity contribution in [1.82, 2.24) is 0 Å². The van der Waals surface area contributed by atoms with Gasteiger partial charge in [-0.2, -0.15) is 5.26 Å². The molecule has 4 rings (SSSR count). The highest BCUT2D eigenvalue weighted by molar-refractivity contribution is 7.12. The van der Waals surface area contributed by atoms with Crippen molar-refractivity contribution < 1.29 is 9.18 Å². The molecule has 0 saturated carbocycles. The molecular weight excluding hydrogens is 397 g/mol. The molecule has 2 aromatic rings. The number of nitrogens with two attached hydrogens (primary N) is 1. The van der Waals surface area contributed by atoms with Crippen molar-refractivity contribution in [3.8, 4) is 6.07 Å². The van der Waals surface area contributed by atoms with Gasteiger partial charge in [-0.15, -0.1) is 11.3 Å². The summed E-state index contributed by atoms with van der Waals surface area (Å²) in [5.74, 6) is -0.713. The number of ketones is 1. The van der Waals surface area contributed by atoms with Crippen molar-refractivity contribution in [1.29, 1.82) is 5.26 Å². The Labute approximate surface area is 171 Å². The number of thiophene rings is 1. The minimum Gasteiger partial charge on any atom is -0.384 e. The lowest BCUT2D eigenvalue weighted by Crippen LogP contribution is -2.38. The summed E-state index contributed by atoms with van der Waals surface area (Å²) in [6, 6.07) is 10.4. The maximum absolute atomic E-state index is 13.7. The SMILES string of the molecule is Cc1ccc(C2C(C#N)=C(N)N(c3ccc(F)c(Cl)c3)C3=C2C(=O)CCC3)s1.